The van der Waals surface area contributed by atoms with Crippen molar-refractivity contribution in [3.8, 4) is 5.75 Å². The Kier molecular flexibility index (Phi) is 4.30. The van der Waals surface area contributed by atoms with Gasteiger partial charge in [0.25, 0.3) is 0 Å². The number of ether oxygens (including phenoxy) is 1. The van der Waals surface area contributed by atoms with Crippen molar-refractivity contribution in [3.63, 3.8) is 0 Å². The lowest BCUT2D eigenvalue weighted by atomic mass is 9.62. The first-order chi connectivity index (χ1) is 13.8. The molecule has 2 aromatic carbocycles. The van der Waals surface area contributed by atoms with Gasteiger partial charge in [-0.05, 0) is 29.4 Å². The number of ketones is 2. The molecule has 0 bridgehead atoms. The van der Waals surface area contributed by atoms with E-state index in [9.17, 15) is 22.8 Å². The van der Waals surface area contributed by atoms with E-state index in [-0.39, 0.29) is 28.2 Å². The Bertz CT molecular complexity index is 1100. The number of benzene rings is 2. The fourth-order valence-electron chi connectivity index (χ4n) is 4.00. The Labute approximate surface area is 164 Å². The highest BCUT2D eigenvalue weighted by molar-refractivity contribution is 6.20. The van der Waals surface area contributed by atoms with E-state index in [2.05, 4.69) is 0 Å². The van der Waals surface area contributed by atoms with Crippen molar-refractivity contribution in [2.75, 3.05) is 7.11 Å². The molecule has 0 saturated heterocycles. The average molecular weight is 396 g/mol. The molecule has 0 aliphatic heterocycles. The second-order valence-electron chi connectivity index (χ2n) is 6.76. The van der Waals surface area contributed by atoms with Gasteiger partial charge in [0.05, 0.1) is 12.5 Å². The van der Waals surface area contributed by atoms with Crippen molar-refractivity contribution >= 4 is 17.1 Å². The summed E-state index contributed by atoms with van der Waals surface area (Å²) < 4.78 is 48.0. The minimum absolute atomic E-state index is 0.0397. The van der Waals surface area contributed by atoms with Gasteiger partial charge >= 0.3 is 6.18 Å². The molecule has 2 aliphatic rings. The van der Waals surface area contributed by atoms with Crippen molar-refractivity contribution in [1.82, 2.24) is 0 Å². The standard InChI is InChI=1S/C23H15F3O3/c1-29-18-9-5-3-7-16(18)19-20(23(24,25)26)21(28)15-6-2-4-8-17(15)22(19)12-10-14(27)11-13-22/h2-13H,1H3. The fraction of sp³-hybridized carbons (Fsp3) is 0.130. The van der Waals surface area contributed by atoms with Gasteiger partial charge in [-0.1, -0.05) is 54.6 Å². The maximum absolute atomic E-state index is 14.2. The van der Waals surface area contributed by atoms with Crippen LogP contribution in [0.25, 0.3) is 5.57 Å². The molecule has 0 fully saturated rings. The summed E-state index contributed by atoms with van der Waals surface area (Å²) in [6.07, 6.45) is 0.408. The lowest BCUT2D eigenvalue weighted by molar-refractivity contribution is -0.110. The van der Waals surface area contributed by atoms with Gasteiger partial charge in [0.1, 0.15) is 11.3 Å². The van der Waals surface area contributed by atoms with Gasteiger partial charge in [0, 0.05) is 11.1 Å². The molecule has 4 rings (SSSR count). The third-order valence-electron chi connectivity index (χ3n) is 5.19. The molecule has 0 N–H and O–H groups in total. The first-order valence-corrected chi connectivity index (χ1v) is 8.81. The topological polar surface area (TPSA) is 43.4 Å². The summed E-state index contributed by atoms with van der Waals surface area (Å²) in [5.74, 6) is -1.23. The molecule has 0 amide bonds. The van der Waals surface area contributed by atoms with Crippen LogP contribution in [0.4, 0.5) is 13.2 Å². The maximum Gasteiger partial charge on any atom is 0.420 e. The van der Waals surface area contributed by atoms with E-state index < -0.39 is 22.9 Å². The zero-order valence-electron chi connectivity index (χ0n) is 15.3. The number of fused-ring (bicyclic) bond motifs is 2. The van der Waals surface area contributed by atoms with Gasteiger partial charge in [-0.15, -0.1) is 0 Å². The molecular formula is C23H15F3O3. The van der Waals surface area contributed by atoms with Crippen LogP contribution in [0.2, 0.25) is 0 Å². The lowest BCUT2D eigenvalue weighted by Crippen LogP contribution is -2.38. The summed E-state index contributed by atoms with van der Waals surface area (Å²) in [6.45, 7) is 0. The number of hydrogen-bond donors (Lipinski definition) is 0. The molecule has 29 heavy (non-hydrogen) atoms. The van der Waals surface area contributed by atoms with Crippen LogP contribution < -0.4 is 4.74 Å². The van der Waals surface area contributed by atoms with Crippen molar-refractivity contribution in [3.05, 3.63) is 95.1 Å². The van der Waals surface area contributed by atoms with Gasteiger partial charge in [-0.25, -0.2) is 0 Å². The van der Waals surface area contributed by atoms with Crippen LogP contribution in [-0.4, -0.2) is 24.9 Å². The average Bonchev–Trinajstić information content (AvgIpc) is 2.71. The minimum atomic E-state index is -4.91. The van der Waals surface area contributed by atoms with Crippen LogP contribution in [0.15, 0.2) is 78.4 Å². The molecule has 0 aromatic heterocycles. The number of carbonyl (C=O) groups is 2. The third kappa shape index (κ3) is 2.83. The molecule has 1 spiro atoms. The van der Waals surface area contributed by atoms with Crippen LogP contribution in [0.5, 0.6) is 5.75 Å². The van der Waals surface area contributed by atoms with Gasteiger partial charge in [0.15, 0.2) is 11.6 Å². The van der Waals surface area contributed by atoms with Crippen LogP contribution in [0, 0.1) is 0 Å². The Morgan fingerprint density at radius 1 is 0.862 bits per heavy atom. The normalized spacial score (nSPS) is 17.7. The molecule has 0 atom stereocenters. The van der Waals surface area contributed by atoms with E-state index in [0.29, 0.717) is 5.56 Å². The summed E-state index contributed by atoms with van der Waals surface area (Å²) in [4.78, 5) is 24.8. The van der Waals surface area contributed by atoms with Crippen molar-refractivity contribution < 1.29 is 27.5 Å². The van der Waals surface area contributed by atoms with Gasteiger partial charge < -0.3 is 4.74 Å². The summed E-state index contributed by atoms with van der Waals surface area (Å²) in [6, 6.07) is 12.4. The van der Waals surface area contributed by atoms with Crippen molar-refractivity contribution in [2.24, 2.45) is 0 Å². The van der Waals surface area contributed by atoms with E-state index in [0.717, 1.165) is 0 Å². The number of methoxy groups -OCH3 is 1. The predicted molar refractivity (Wildman–Crippen MR) is 102 cm³/mol. The Morgan fingerprint density at radius 3 is 2.07 bits per heavy atom. The van der Waals surface area contributed by atoms with Gasteiger partial charge in [-0.3, -0.25) is 9.59 Å². The van der Waals surface area contributed by atoms with Gasteiger partial charge in [-0.2, -0.15) is 13.2 Å². The Hall–Kier alpha value is -3.41. The number of alkyl halides is 3. The van der Waals surface area contributed by atoms with Crippen LogP contribution >= 0.6 is 0 Å². The number of Topliss-reactive ketones (excluding diaryl/α,β-unsaturated/α-hetero) is 1. The number of halogens is 3. The number of para-hydroxylation sites is 1. The summed E-state index contributed by atoms with van der Waals surface area (Å²) in [7, 11) is 1.36. The highest BCUT2D eigenvalue weighted by Gasteiger charge is 2.52. The molecular weight excluding hydrogens is 381 g/mol. The number of hydrogen-bond acceptors (Lipinski definition) is 3. The summed E-state index contributed by atoms with van der Waals surface area (Å²) in [5.41, 5.74) is -2.44. The zero-order valence-corrected chi connectivity index (χ0v) is 15.3. The predicted octanol–water partition coefficient (Wildman–Crippen LogP) is 4.84. The van der Waals surface area contributed by atoms with Crippen molar-refractivity contribution in [2.45, 2.75) is 11.6 Å². The summed E-state index contributed by atoms with van der Waals surface area (Å²) in [5, 5.41) is 0. The maximum atomic E-state index is 14.2. The third-order valence-corrected chi connectivity index (χ3v) is 5.19. The Balaban J connectivity index is 2.19. The molecule has 0 radical (unpaired) electrons. The minimum Gasteiger partial charge on any atom is -0.496 e. The molecule has 0 saturated carbocycles. The molecule has 146 valence electrons. The SMILES string of the molecule is COc1ccccc1C1=C(C(F)(F)F)C(=O)c2ccccc2C12C=CC(=O)C=C2. The second-order valence-corrected chi connectivity index (χ2v) is 6.76. The van der Waals surface area contributed by atoms with Crippen LogP contribution in [0.1, 0.15) is 21.5 Å². The molecule has 2 aliphatic carbocycles. The van der Waals surface area contributed by atoms with E-state index >= 15 is 0 Å². The molecule has 0 heterocycles. The van der Waals surface area contributed by atoms with E-state index in [1.54, 1.807) is 24.3 Å². The van der Waals surface area contributed by atoms with Crippen LogP contribution in [-0.2, 0) is 10.2 Å². The van der Waals surface area contributed by atoms with E-state index in [4.69, 9.17) is 4.74 Å². The first kappa shape index (κ1) is 18.9. The molecule has 6 heteroatoms. The zero-order chi connectivity index (χ0) is 20.8. The lowest BCUT2D eigenvalue weighted by Gasteiger charge is -2.39. The molecule has 3 nitrogen and oxygen atoms in total. The number of allylic oxidation sites excluding steroid dienone is 6. The van der Waals surface area contributed by atoms with Crippen LogP contribution in [0.3, 0.4) is 0 Å². The molecule has 0 unspecified atom stereocenters. The number of carbonyl (C=O) groups excluding carboxylic acids is 2. The highest BCUT2D eigenvalue weighted by Crippen LogP contribution is 2.54. The first-order valence-electron chi connectivity index (χ1n) is 8.81. The van der Waals surface area contributed by atoms with E-state index in [1.165, 1.54) is 55.7 Å². The fourth-order valence-corrected chi connectivity index (χ4v) is 4.00. The second kappa shape index (κ2) is 6.58. The quantitative estimate of drug-likeness (QED) is 0.730. The number of rotatable bonds is 2. The summed E-state index contributed by atoms with van der Waals surface area (Å²) >= 11 is 0. The van der Waals surface area contributed by atoms with Gasteiger partial charge in [0.2, 0.25) is 0 Å². The smallest absolute Gasteiger partial charge is 0.420 e. The Morgan fingerprint density at radius 2 is 1.45 bits per heavy atom. The molecule has 2 aromatic rings. The highest BCUT2D eigenvalue weighted by atomic mass is 19.4. The van der Waals surface area contributed by atoms with E-state index in [1.807, 2.05) is 0 Å². The van der Waals surface area contributed by atoms with Crippen molar-refractivity contribution in [1.29, 1.82) is 0 Å². The largest absolute Gasteiger partial charge is 0.496 e. The monoisotopic (exact) mass is 396 g/mol.